The molecule has 0 aliphatic carbocycles. The number of halogens is 1. The summed E-state index contributed by atoms with van der Waals surface area (Å²) in [4.78, 5) is 32.6. The molecule has 2 N–H and O–H groups in total. The highest BCUT2D eigenvalue weighted by atomic mass is 35.5. The molecule has 2 atom stereocenters. The number of carbonyl (C=O) groups is 2. The van der Waals surface area contributed by atoms with Gasteiger partial charge in [0.15, 0.2) is 0 Å². The first kappa shape index (κ1) is 22.9. The van der Waals surface area contributed by atoms with Gasteiger partial charge in [0.25, 0.3) is 0 Å². The Morgan fingerprint density at radius 2 is 1.88 bits per heavy atom. The number of benzene rings is 1. The van der Waals surface area contributed by atoms with Gasteiger partial charge in [-0.25, -0.2) is 9.78 Å². The molecule has 9 heteroatoms. The van der Waals surface area contributed by atoms with E-state index in [1.165, 1.54) is 0 Å². The van der Waals surface area contributed by atoms with Crippen LogP contribution in [0.25, 0.3) is 0 Å². The second kappa shape index (κ2) is 10.1. The number of piperidine rings is 1. The molecule has 8 nitrogen and oxygen atoms in total. The van der Waals surface area contributed by atoms with E-state index in [1.807, 2.05) is 41.3 Å². The molecule has 2 aromatic rings. The number of hydrogen-bond acceptors (Lipinski definition) is 5. The Bertz CT molecular complexity index is 1030. The monoisotopic (exact) mass is 467 g/mol. The Kier molecular flexibility index (Phi) is 6.99. The lowest BCUT2D eigenvalue weighted by Crippen LogP contribution is -2.42. The summed E-state index contributed by atoms with van der Waals surface area (Å²) in [5.41, 5.74) is 2.42. The highest BCUT2D eigenvalue weighted by Gasteiger charge is 2.39. The molecule has 2 amide bonds. The number of nitrogens with one attached hydrogen (secondary N) is 1. The van der Waals surface area contributed by atoms with Crippen molar-refractivity contribution >= 4 is 29.3 Å². The van der Waals surface area contributed by atoms with Crippen LogP contribution >= 0.6 is 11.6 Å². The Labute approximate surface area is 197 Å². The largest absolute Gasteiger partial charge is 0.465 e. The van der Waals surface area contributed by atoms with E-state index in [0.717, 1.165) is 37.2 Å². The maximum absolute atomic E-state index is 13.3. The third-order valence-corrected chi connectivity index (χ3v) is 6.89. The minimum absolute atomic E-state index is 0.0102. The number of rotatable bonds is 5. The van der Waals surface area contributed by atoms with Crippen LogP contribution in [0.1, 0.15) is 30.0 Å². The molecule has 33 heavy (non-hydrogen) atoms. The number of pyridine rings is 1. The summed E-state index contributed by atoms with van der Waals surface area (Å²) in [6, 6.07) is 13.2. The van der Waals surface area contributed by atoms with Gasteiger partial charge in [0.1, 0.15) is 11.8 Å². The molecule has 3 heterocycles. The van der Waals surface area contributed by atoms with Crippen molar-refractivity contribution in [3.63, 3.8) is 0 Å². The van der Waals surface area contributed by atoms with Crippen LogP contribution in [0.2, 0.25) is 5.02 Å². The predicted octanol–water partition coefficient (Wildman–Crippen LogP) is 3.33. The maximum atomic E-state index is 13.3. The van der Waals surface area contributed by atoms with Gasteiger partial charge in [-0.05, 0) is 42.7 Å². The van der Waals surface area contributed by atoms with Crippen molar-refractivity contribution in [3.05, 3.63) is 58.9 Å². The van der Waals surface area contributed by atoms with Crippen LogP contribution in [-0.2, 0) is 4.79 Å². The van der Waals surface area contributed by atoms with Crippen molar-refractivity contribution in [2.24, 2.45) is 11.8 Å². The molecular formula is C24H26ClN5O3. The first-order chi connectivity index (χ1) is 15.9. The van der Waals surface area contributed by atoms with Crippen LogP contribution in [0.5, 0.6) is 0 Å². The maximum Gasteiger partial charge on any atom is 0.404 e. The third kappa shape index (κ3) is 5.37. The summed E-state index contributed by atoms with van der Waals surface area (Å²) >= 11 is 6.03. The molecule has 0 spiro atoms. The number of amides is 2. The van der Waals surface area contributed by atoms with Crippen LogP contribution < -0.4 is 10.2 Å². The van der Waals surface area contributed by atoms with Crippen LogP contribution in [-0.4, -0.2) is 59.7 Å². The molecule has 0 radical (unpaired) electrons. The van der Waals surface area contributed by atoms with Gasteiger partial charge in [0, 0.05) is 55.5 Å². The smallest absolute Gasteiger partial charge is 0.404 e. The fourth-order valence-corrected chi connectivity index (χ4v) is 4.97. The number of nitriles is 1. The number of carboxylic acid groups (broad SMARTS) is 1. The number of likely N-dealkylation sites (tertiary alicyclic amines) is 1. The van der Waals surface area contributed by atoms with Crippen molar-refractivity contribution in [1.82, 2.24) is 15.2 Å². The van der Waals surface area contributed by atoms with E-state index < -0.39 is 6.09 Å². The molecule has 172 valence electrons. The summed E-state index contributed by atoms with van der Waals surface area (Å²) < 4.78 is 0. The molecule has 4 rings (SSSR count). The SMILES string of the molecule is N#Cc1ccc(N2CCC(C(=O)N3C[C@H](CNC(=O)O)[C@H](c4ccc(Cl)cc4)C3)CC2)cn1. The van der Waals surface area contributed by atoms with E-state index in [2.05, 4.69) is 15.2 Å². The van der Waals surface area contributed by atoms with E-state index in [9.17, 15) is 9.59 Å². The Hall–Kier alpha value is -3.31. The molecule has 2 saturated heterocycles. The summed E-state index contributed by atoms with van der Waals surface area (Å²) in [7, 11) is 0. The van der Waals surface area contributed by atoms with Gasteiger partial charge in [-0.1, -0.05) is 23.7 Å². The summed E-state index contributed by atoms with van der Waals surface area (Å²) in [5.74, 6) is 0.160. The highest BCUT2D eigenvalue weighted by Crippen LogP contribution is 2.35. The fraction of sp³-hybridized carbons (Fsp3) is 0.417. The molecule has 1 aromatic heterocycles. The minimum atomic E-state index is -1.06. The Morgan fingerprint density at radius 3 is 2.48 bits per heavy atom. The third-order valence-electron chi connectivity index (χ3n) is 6.64. The van der Waals surface area contributed by atoms with Gasteiger partial charge >= 0.3 is 6.09 Å². The van der Waals surface area contributed by atoms with Crippen molar-refractivity contribution in [2.75, 3.05) is 37.6 Å². The second-order valence-electron chi connectivity index (χ2n) is 8.62. The molecular weight excluding hydrogens is 442 g/mol. The molecule has 0 saturated carbocycles. The lowest BCUT2D eigenvalue weighted by Gasteiger charge is -2.34. The quantitative estimate of drug-likeness (QED) is 0.698. The molecule has 2 fully saturated rings. The summed E-state index contributed by atoms with van der Waals surface area (Å²) in [6.07, 6.45) is 2.15. The number of anilines is 1. The first-order valence-electron chi connectivity index (χ1n) is 11.1. The molecule has 1 aromatic carbocycles. The van der Waals surface area contributed by atoms with Crippen LogP contribution in [0.15, 0.2) is 42.6 Å². The lowest BCUT2D eigenvalue weighted by molar-refractivity contribution is -0.135. The second-order valence-corrected chi connectivity index (χ2v) is 9.06. The van der Waals surface area contributed by atoms with Gasteiger partial charge in [0.05, 0.1) is 11.9 Å². The van der Waals surface area contributed by atoms with E-state index >= 15 is 0 Å². The number of aromatic nitrogens is 1. The highest BCUT2D eigenvalue weighted by molar-refractivity contribution is 6.30. The van der Waals surface area contributed by atoms with Crippen molar-refractivity contribution in [1.29, 1.82) is 5.26 Å². The van der Waals surface area contributed by atoms with E-state index in [1.54, 1.807) is 12.3 Å². The Balaban J connectivity index is 1.39. The Morgan fingerprint density at radius 1 is 1.15 bits per heavy atom. The topological polar surface area (TPSA) is 110 Å². The minimum Gasteiger partial charge on any atom is -0.465 e. The van der Waals surface area contributed by atoms with Crippen LogP contribution in [0, 0.1) is 23.2 Å². The summed E-state index contributed by atoms with van der Waals surface area (Å²) in [5, 5.41) is 21.1. The zero-order valence-electron chi connectivity index (χ0n) is 18.2. The van der Waals surface area contributed by atoms with E-state index in [4.69, 9.17) is 22.0 Å². The molecule has 2 aliphatic rings. The number of nitrogens with zero attached hydrogens (tertiary/aromatic N) is 4. The lowest BCUT2D eigenvalue weighted by atomic mass is 9.89. The van der Waals surface area contributed by atoms with Gasteiger partial charge in [-0.15, -0.1) is 0 Å². The number of carbonyl (C=O) groups excluding carboxylic acids is 1. The first-order valence-corrected chi connectivity index (χ1v) is 11.4. The predicted molar refractivity (Wildman–Crippen MR) is 124 cm³/mol. The van der Waals surface area contributed by atoms with Gasteiger partial charge in [-0.2, -0.15) is 5.26 Å². The van der Waals surface area contributed by atoms with Crippen LogP contribution in [0.3, 0.4) is 0 Å². The molecule has 0 bridgehead atoms. The van der Waals surface area contributed by atoms with E-state index in [-0.39, 0.29) is 23.7 Å². The van der Waals surface area contributed by atoms with Crippen molar-refractivity contribution < 1.29 is 14.7 Å². The normalized spacial score (nSPS) is 21.0. The van der Waals surface area contributed by atoms with Gasteiger partial charge < -0.3 is 20.2 Å². The number of hydrogen-bond donors (Lipinski definition) is 2. The molecule has 2 aliphatic heterocycles. The zero-order valence-corrected chi connectivity index (χ0v) is 18.9. The average Bonchev–Trinajstić information content (AvgIpc) is 3.27. The van der Waals surface area contributed by atoms with Crippen molar-refractivity contribution in [2.45, 2.75) is 18.8 Å². The van der Waals surface area contributed by atoms with Gasteiger partial charge in [0.2, 0.25) is 5.91 Å². The molecule has 0 unspecified atom stereocenters. The van der Waals surface area contributed by atoms with Crippen molar-refractivity contribution in [3.8, 4) is 6.07 Å². The van der Waals surface area contributed by atoms with Crippen LogP contribution in [0.4, 0.5) is 10.5 Å². The standard InChI is InChI=1S/C24H26ClN5O3/c25-19-3-1-16(2-4-19)22-15-30(14-18(22)12-28-24(32)33)23(31)17-7-9-29(10-8-17)21-6-5-20(11-26)27-13-21/h1-6,13,17-18,22,28H,7-10,12,14-15H2,(H,32,33)/t18-,22-/m0/s1. The zero-order chi connectivity index (χ0) is 23.4. The fourth-order valence-electron chi connectivity index (χ4n) is 4.85. The summed E-state index contributed by atoms with van der Waals surface area (Å²) in [6.45, 7) is 2.92. The van der Waals surface area contributed by atoms with E-state index in [0.29, 0.717) is 30.4 Å². The van der Waals surface area contributed by atoms with Gasteiger partial charge in [-0.3, -0.25) is 4.79 Å². The average molecular weight is 468 g/mol.